The second-order valence-electron chi connectivity index (χ2n) is 4.91. The highest BCUT2D eigenvalue weighted by molar-refractivity contribution is 5.50. The summed E-state index contributed by atoms with van der Waals surface area (Å²) in [7, 11) is 0. The Morgan fingerprint density at radius 3 is 2.64 bits per heavy atom. The summed E-state index contributed by atoms with van der Waals surface area (Å²) in [6.45, 7) is 0. The number of nitrogens with zero attached hydrogens (tertiary/aromatic N) is 1. The number of nitrogens with one attached hydrogen (secondary N) is 2. The van der Waals surface area contributed by atoms with Gasteiger partial charge in [-0.15, -0.1) is 13.2 Å². The molecule has 3 rings (SSSR count). The molecule has 8 heteroatoms. The summed E-state index contributed by atoms with van der Waals surface area (Å²) in [5, 5.41) is 3.08. The van der Waals surface area contributed by atoms with E-state index in [4.69, 9.17) is 0 Å². The Morgan fingerprint density at radius 1 is 1.23 bits per heavy atom. The molecule has 0 radical (unpaired) electrons. The van der Waals surface area contributed by atoms with Gasteiger partial charge in [0, 0.05) is 0 Å². The minimum Gasteiger partial charge on any atom is -0.406 e. The van der Waals surface area contributed by atoms with Crippen LogP contribution >= 0.6 is 0 Å². The van der Waals surface area contributed by atoms with E-state index in [9.17, 15) is 18.0 Å². The first-order valence-electron chi connectivity index (χ1n) is 6.61. The van der Waals surface area contributed by atoms with Gasteiger partial charge in [0.25, 0.3) is 5.56 Å². The van der Waals surface area contributed by atoms with Crippen molar-refractivity contribution in [3.63, 3.8) is 0 Å². The van der Waals surface area contributed by atoms with Crippen LogP contribution in [0.1, 0.15) is 23.7 Å². The van der Waals surface area contributed by atoms with Crippen molar-refractivity contribution in [3.05, 3.63) is 52.2 Å². The van der Waals surface area contributed by atoms with Gasteiger partial charge in [-0.3, -0.25) is 4.79 Å². The topological polar surface area (TPSA) is 67.0 Å². The SMILES string of the molecule is O=c1[nH]cnc2c1NC(c1ccc(OC(F)(F)F)cc1)CC2. The van der Waals surface area contributed by atoms with E-state index in [2.05, 4.69) is 20.0 Å². The Morgan fingerprint density at radius 2 is 1.95 bits per heavy atom. The summed E-state index contributed by atoms with van der Waals surface area (Å²) in [5.74, 6) is -0.271. The first-order chi connectivity index (χ1) is 10.4. The maximum atomic E-state index is 12.1. The van der Waals surface area contributed by atoms with Crippen molar-refractivity contribution in [2.24, 2.45) is 0 Å². The number of ether oxygens (including phenoxy) is 1. The van der Waals surface area contributed by atoms with Gasteiger partial charge in [-0.25, -0.2) is 4.98 Å². The molecular weight excluding hydrogens is 299 g/mol. The maximum absolute atomic E-state index is 12.1. The summed E-state index contributed by atoms with van der Waals surface area (Å²) in [4.78, 5) is 18.3. The zero-order valence-electron chi connectivity index (χ0n) is 11.3. The van der Waals surface area contributed by atoms with E-state index >= 15 is 0 Å². The summed E-state index contributed by atoms with van der Waals surface area (Å²) >= 11 is 0. The molecule has 2 aromatic rings. The first-order valence-corrected chi connectivity index (χ1v) is 6.61. The van der Waals surface area contributed by atoms with Crippen LogP contribution < -0.4 is 15.6 Å². The number of benzene rings is 1. The highest BCUT2D eigenvalue weighted by Gasteiger charge is 2.31. The molecule has 5 nitrogen and oxygen atoms in total. The van der Waals surface area contributed by atoms with Gasteiger partial charge < -0.3 is 15.0 Å². The molecule has 0 saturated carbocycles. The summed E-state index contributed by atoms with van der Waals surface area (Å²) in [6, 6.07) is 5.46. The number of fused-ring (bicyclic) bond motifs is 1. The molecule has 0 amide bonds. The van der Waals surface area contributed by atoms with Crippen LogP contribution in [0.3, 0.4) is 0 Å². The number of halogens is 3. The van der Waals surface area contributed by atoms with Crippen LogP contribution in [0.15, 0.2) is 35.4 Å². The Hall–Kier alpha value is -2.51. The van der Waals surface area contributed by atoms with Gasteiger partial charge in [-0.2, -0.15) is 0 Å². The Balaban J connectivity index is 1.79. The summed E-state index contributed by atoms with van der Waals surface area (Å²) < 4.78 is 40.2. The summed E-state index contributed by atoms with van der Waals surface area (Å²) in [6.07, 6.45) is -2.03. The number of aryl methyl sites for hydroxylation is 1. The van der Waals surface area contributed by atoms with Crippen molar-refractivity contribution in [1.82, 2.24) is 9.97 Å². The van der Waals surface area contributed by atoms with Crippen LogP contribution in [-0.4, -0.2) is 16.3 Å². The van der Waals surface area contributed by atoms with Gasteiger partial charge >= 0.3 is 6.36 Å². The van der Waals surface area contributed by atoms with Gasteiger partial charge in [-0.1, -0.05) is 12.1 Å². The lowest BCUT2D eigenvalue weighted by Crippen LogP contribution is -2.26. The highest BCUT2D eigenvalue weighted by Crippen LogP contribution is 2.31. The average molecular weight is 311 g/mol. The minimum atomic E-state index is -4.71. The number of aromatic amines is 1. The number of hydrogen-bond donors (Lipinski definition) is 2. The Labute approximate surface area is 123 Å². The van der Waals surface area contributed by atoms with Gasteiger partial charge in [-0.05, 0) is 30.5 Å². The Bertz CT molecular complexity index is 725. The molecule has 2 heterocycles. The molecule has 22 heavy (non-hydrogen) atoms. The predicted octanol–water partition coefficient (Wildman–Crippen LogP) is 2.77. The zero-order valence-corrected chi connectivity index (χ0v) is 11.3. The molecule has 116 valence electrons. The van der Waals surface area contributed by atoms with E-state index < -0.39 is 6.36 Å². The van der Waals surface area contributed by atoms with Crippen molar-refractivity contribution < 1.29 is 17.9 Å². The zero-order chi connectivity index (χ0) is 15.7. The fraction of sp³-hybridized carbons (Fsp3) is 0.286. The normalized spacial score (nSPS) is 17.5. The van der Waals surface area contributed by atoms with E-state index in [0.717, 1.165) is 5.56 Å². The molecule has 2 N–H and O–H groups in total. The molecular formula is C14H12F3N3O2. The van der Waals surface area contributed by atoms with Crippen LogP contribution in [0.2, 0.25) is 0 Å². The second kappa shape index (κ2) is 5.36. The average Bonchev–Trinajstić information content (AvgIpc) is 2.47. The molecule has 1 atom stereocenters. The second-order valence-corrected chi connectivity index (χ2v) is 4.91. The van der Waals surface area contributed by atoms with Gasteiger partial charge in [0.15, 0.2) is 0 Å². The fourth-order valence-corrected chi connectivity index (χ4v) is 2.45. The van der Waals surface area contributed by atoms with Gasteiger partial charge in [0.2, 0.25) is 0 Å². The highest BCUT2D eigenvalue weighted by atomic mass is 19.4. The summed E-state index contributed by atoms with van der Waals surface area (Å²) in [5.41, 5.74) is 1.63. The van der Waals surface area contributed by atoms with Crippen molar-refractivity contribution >= 4 is 5.69 Å². The standard InChI is InChI=1S/C14H12F3N3O2/c15-14(16,17)22-9-3-1-8(2-4-9)10-5-6-11-12(20-10)13(21)19-7-18-11/h1-4,7,10,20H,5-6H2,(H,18,19,21). The molecule has 0 aliphatic carbocycles. The number of H-pyrrole nitrogens is 1. The molecule has 1 aliphatic rings. The van der Waals surface area contributed by atoms with E-state index in [0.29, 0.717) is 24.2 Å². The molecule has 1 unspecified atom stereocenters. The lowest BCUT2D eigenvalue weighted by molar-refractivity contribution is -0.274. The Kier molecular flexibility index (Phi) is 3.51. The smallest absolute Gasteiger partial charge is 0.406 e. The van der Waals surface area contributed by atoms with Gasteiger partial charge in [0.1, 0.15) is 11.4 Å². The largest absolute Gasteiger partial charge is 0.573 e. The van der Waals surface area contributed by atoms with Crippen molar-refractivity contribution in [3.8, 4) is 5.75 Å². The lowest BCUT2D eigenvalue weighted by atomic mass is 9.96. The van der Waals surface area contributed by atoms with Crippen LogP contribution in [0.25, 0.3) is 0 Å². The third-order valence-electron chi connectivity index (χ3n) is 3.44. The fourth-order valence-electron chi connectivity index (χ4n) is 2.45. The quantitative estimate of drug-likeness (QED) is 0.895. The first kappa shape index (κ1) is 14.4. The van der Waals surface area contributed by atoms with Crippen LogP contribution in [0.4, 0.5) is 18.9 Å². The minimum absolute atomic E-state index is 0.155. The number of rotatable bonds is 2. The van der Waals surface area contributed by atoms with Gasteiger partial charge in [0.05, 0.1) is 18.1 Å². The van der Waals surface area contributed by atoms with Crippen LogP contribution in [-0.2, 0) is 6.42 Å². The molecule has 0 spiro atoms. The van der Waals surface area contributed by atoms with E-state index in [-0.39, 0.29) is 17.4 Å². The van der Waals surface area contributed by atoms with Crippen LogP contribution in [0.5, 0.6) is 5.75 Å². The van der Waals surface area contributed by atoms with E-state index in [1.54, 1.807) is 12.1 Å². The molecule has 0 bridgehead atoms. The number of anilines is 1. The number of alkyl halides is 3. The molecule has 1 aromatic heterocycles. The number of hydrogen-bond acceptors (Lipinski definition) is 4. The molecule has 0 fully saturated rings. The van der Waals surface area contributed by atoms with Crippen LogP contribution in [0, 0.1) is 0 Å². The third kappa shape index (κ3) is 3.05. The van der Waals surface area contributed by atoms with E-state index in [1.807, 2.05) is 0 Å². The van der Waals surface area contributed by atoms with E-state index in [1.165, 1.54) is 18.5 Å². The van der Waals surface area contributed by atoms with Crippen molar-refractivity contribution in [2.75, 3.05) is 5.32 Å². The molecule has 1 aromatic carbocycles. The maximum Gasteiger partial charge on any atom is 0.573 e. The third-order valence-corrected chi connectivity index (χ3v) is 3.44. The number of aromatic nitrogens is 2. The van der Waals surface area contributed by atoms with Crippen molar-refractivity contribution in [1.29, 1.82) is 0 Å². The molecule has 1 aliphatic heterocycles. The monoisotopic (exact) mass is 311 g/mol. The predicted molar refractivity (Wildman–Crippen MR) is 72.7 cm³/mol. The molecule has 0 saturated heterocycles. The lowest BCUT2D eigenvalue weighted by Gasteiger charge is -2.25. The van der Waals surface area contributed by atoms with Crippen molar-refractivity contribution in [2.45, 2.75) is 25.2 Å².